The first-order valence-corrected chi connectivity index (χ1v) is 6.32. The second kappa shape index (κ2) is 5.11. The lowest BCUT2D eigenvalue weighted by molar-refractivity contribution is 0.546. The Morgan fingerprint density at radius 2 is 2.12 bits per heavy atom. The predicted molar refractivity (Wildman–Crippen MR) is 72.5 cm³/mol. The minimum absolute atomic E-state index is 0.651. The molecular weight excluding hydrogens is 234 g/mol. The summed E-state index contributed by atoms with van der Waals surface area (Å²) in [5.74, 6) is 0.651. The highest BCUT2D eigenvalue weighted by atomic mass is 35.5. The maximum atomic E-state index is 6.08. The first kappa shape index (κ1) is 12.5. The van der Waals surface area contributed by atoms with Gasteiger partial charge in [0, 0.05) is 22.5 Å². The minimum atomic E-state index is 0.651. The Balaban J connectivity index is 2.23. The van der Waals surface area contributed by atoms with Crippen molar-refractivity contribution in [1.29, 1.82) is 0 Å². The van der Waals surface area contributed by atoms with Crippen molar-refractivity contribution in [1.82, 2.24) is 5.32 Å². The van der Waals surface area contributed by atoms with Gasteiger partial charge in [0.25, 0.3) is 0 Å². The van der Waals surface area contributed by atoms with Crippen LogP contribution in [-0.2, 0) is 6.54 Å². The lowest BCUT2D eigenvalue weighted by Gasteiger charge is -2.06. The van der Waals surface area contributed by atoms with Gasteiger partial charge in [0.2, 0.25) is 0 Å². The van der Waals surface area contributed by atoms with Gasteiger partial charge in [-0.1, -0.05) is 25.4 Å². The number of furan rings is 1. The van der Waals surface area contributed by atoms with Crippen molar-refractivity contribution in [2.75, 3.05) is 6.54 Å². The molecule has 0 atom stereocenters. The summed E-state index contributed by atoms with van der Waals surface area (Å²) < 4.78 is 5.59. The molecular formula is C14H18ClNO. The number of aryl methyl sites for hydroxylation is 1. The van der Waals surface area contributed by atoms with E-state index in [2.05, 4.69) is 19.2 Å². The quantitative estimate of drug-likeness (QED) is 0.884. The van der Waals surface area contributed by atoms with Gasteiger partial charge in [-0.3, -0.25) is 0 Å². The molecule has 0 saturated heterocycles. The molecule has 1 aromatic carbocycles. The third-order valence-electron chi connectivity index (χ3n) is 2.77. The Kier molecular flexibility index (Phi) is 3.75. The SMILES string of the molecule is Cc1cc(Cl)cc2c(CNCC(C)C)coc12. The highest BCUT2D eigenvalue weighted by molar-refractivity contribution is 6.31. The molecule has 1 heterocycles. The van der Waals surface area contributed by atoms with E-state index in [1.54, 1.807) is 0 Å². The van der Waals surface area contributed by atoms with Gasteiger partial charge in [-0.25, -0.2) is 0 Å². The third-order valence-corrected chi connectivity index (χ3v) is 2.99. The molecule has 2 rings (SSSR count). The van der Waals surface area contributed by atoms with Gasteiger partial charge in [-0.2, -0.15) is 0 Å². The van der Waals surface area contributed by atoms with Crippen LogP contribution in [-0.4, -0.2) is 6.54 Å². The molecule has 0 fully saturated rings. The van der Waals surface area contributed by atoms with Crippen LogP contribution in [0, 0.1) is 12.8 Å². The van der Waals surface area contributed by atoms with Crippen LogP contribution in [0.3, 0.4) is 0 Å². The lowest BCUT2D eigenvalue weighted by atomic mass is 10.1. The molecule has 0 aliphatic heterocycles. The van der Waals surface area contributed by atoms with E-state index >= 15 is 0 Å². The summed E-state index contributed by atoms with van der Waals surface area (Å²) in [6.07, 6.45) is 1.82. The van der Waals surface area contributed by atoms with Gasteiger partial charge >= 0.3 is 0 Å². The summed E-state index contributed by atoms with van der Waals surface area (Å²) in [6.45, 7) is 8.24. The van der Waals surface area contributed by atoms with Gasteiger partial charge in [0.05, 0.1) is 6.26 Å². The number of fused-ring (bicyclic) bond motifs is 1. The summed E-state index contributed by atoms with van der Waals surface area (Å²) in [7, 11) is 0. The van der Waals surface area contributed by atoms with E-state index < -0.39 is 0 Å². The summed E-state index contributed by atoms with van der Waals surface area (Å²) in [5.41, 5.74) is 3.20. The zero-order valence-corrected chi connectivity index (χ0v) is 11.3. The van der Waals surface area contributed by atoms with Crippen molar-refractivity contribution in [3.8, 4) is 0 Å². The van der Waals surface area contributed by atoms with Gasteiger partial charge in [0.1, 0.15) is 5.58 Å². The molecule has 2 nitrogen and oxygen atoms in total. The number of nitrogens with one attached hydrogen (secondary N) is 1. The van der Waals surface area contributed by atoms with Crippen molar-refractivity contribution in [3.63, 3.8) is 0 Å². The monoisotopic (exact) mass is 251 g/mol. The molecule has 0 aliphatic carbocycles. The van der Waals surface area contributed by atoms with Gasteiger partial charge in [-0.15, -0.1) is 0 Å². The normalized spacial score (nSPS) is 11.6. The minimum Gasteiger partial charge on any atom is -0.464 e. The molecule has 1 N–H and O–H groups in total. The fourth-order valence-corrected chi connectivity index (χ4v) is 2.22. The predicted octanol–water partition coefficient (Wildman–Crippen LogP) is 4.14. The average molecular weight is 252 g/mol. The highest BCUT2D eigenvalue weighted by Gasteiger charge is 2.09. The Bertz CT molecular complexity index is 516. The molecule has 1 aromatic heterocycles. The van der Waals surface area contributed by atoms with Crippen LogP contribution < -0.4 is 5.32 Å². The number of hydrogen-bond acceptors (Lipinski definition) is 2. The van der Waals surface area contributed by atoms with Crippen molar-refractivity contribution in [3.05, 3.63) is 34.5 Å². The van der Waals surface area contributed by atoms with E-state index in [4.69, 9.17) is 16.0 Å². The van der Waals surface area contributed by atoms with Crippen LogP contribution in [0.2, 0.25) is 5.02 Å². The molecule has 17 heavy (non-hydrogen) atoms. The molecule has 2 aromatic rings. The zero-order valence-electron chi connectivity index (χ0n) is 10.5. The van der Waals surface area contributed by atoms with E-state index in [1.165, 1.54) is 5.56 Å². The standard InChI is InChI=1S/C14H18ClNO/c1-9(2)6-16-7-11-8-17-14-10(3)4-12(15)5-13(11)14/h4-5,8-9,16H,6-7H2,1-3H3. The second-order valence-corrected chi connectivity index (χ2v) is 5.32. The van der Waals surface area contributed by atoms with Crippen molar-refractivity contribution in [2.45, 2.75) is 27.3 Å². The van der Waals surface area contributed by atoms with Crippen LogP contribution in [0.1, 0.15) is 25.0 Å². The molecule has 0 unspecified atom stereocenters. The highest BCUT2D eigenvalue weighted by Crippen LogP contribution is 2.27. The van der Waals surface area contributed by atoms with Crippen LogP contribution in [0.5, 0.6) is 0 Å². The summed E-state index contributed by atoms with van der Waals surface area (Å²) in [6, 6.07) is 3.90. The van der Waals surface area contributed by atoms with E-state index in [0.29, 0.717) is 5.92 Å². The summed E-state index contributed by atoms with van der Waals surface area (Å²) >= 11 is 6.08. The van der Waals surface area contributed by atoms with Gasteiger partial charge in [-0.05, 0) is 37.1 Å². The maximum Gasteiger partial charge on any atom is 0.137 e. The zero-order chi connectivity index (χ0) is 12.4. The number of benzene rings is 1. The third kappa shape index (κ3) is 2.82. The summed E-state index contributed by atoms with van der Waals surface area (Å²) in [4.78, 5) is 0. The molecule has 0 aliphatic rings. The van der Waals surface area contributed by atoms with E-state index in [9.17, 15) is 0 Å². The average Bonchev–Trinajstić information content (AvgIpc) is 2.61. The summed E-state index contributed by atoms with van der Waals surface area (Å²) in [5, 5.41) is 5.30. The first-order valence-electron chi connectivity index (χ1n) is 5.95. The van der Waals surface area contributed by atoms with Crippen molar-refractivity contribution >= 4 is 22.6 Å². The van der Waals surface area contributed by atoms with E-state index in [0.717, 1.165) is 34.6 Å². The number of halogens is 1. The Morgan fingerprint density at radius 1 is 1.35 bits per heavy atom. The topological polar surface area (TPSA) is 25.2 Å². The van der Waals surface area contributed by atoms with Crippen LogP contribution >= 0.6 is 11.6 Å². The smallest absolute Gasteiger partial charge is 0.137 e. The number of rotatable bonds is 4. The molecule has 92 valence electrons. The maximum absolute atomic E-state index is 6.08. The molecule has 0 saturated carbocycles. The second-order valence-electron chi connectivity index (χ2n) is 4.89. The van der Waals surface area contributed by atoms with E-state index in [-0.39, 0.29) is 0 Å². The molecule has 0 bridgehead atoms. The Morgan fingerprint density at radius 3 is 2.82 bits per heavy atom. The largest absolute Gasteiger partial charge is 0.464 e. The van der Waals surface area contributed by atoms with Crippen molar-refractivity contribution in [2.24, 2.45) is 5.92 Å². The Hall–Kier alpha value is -0.990. The Labute approximate surface area is 107 Å². The number of hydrogen-bond donors (Lipinski definition) is 1. The van der Waals surface area contributed by atoms with Crippen LogP contribution in [0.25, 0.3) is 11.0 Å². The fraction of sp³-hybridized carbons (Fsp3) is 0.429. The van der Waals surface area contributed by atoms with E-state index in [1.807, 2.05) is 25.3 Å². The molecule has 3 heteroatoms. The van der Waals surface area contributed by atoms with Crippen LogP contribution in [0.4, 0.5) is 0 Å². The molecule has 0 spiro atoms. The van der Waals surface area contributed by atoms with Gasteiger partial charge < -0.3 is 9.73 Å². The van der Waals surface area contributed by atoms with Gasteiger partial charge in [0.15, 0.2) is 0 Å². The first-order chi connectivity index (χ1) is 8.08. The van der Waals surface area contributed by atoms with Crippen molar-refractivity contribution < 1.29 is 4.42 Å². The lowest BCUT2D eigenvalue weighted by Crippen LogP contribution is -2.18. The molecule has 0 radical (unpaired) electrons. The molecule has 0 amide bonds. The fourth-order valence-electron chi connectivity index (χ4n) is 1.95. The van der Waals surface area contributed by atoms with Crippen LogP contribution in [0.15, 0.2) is 22.8 Å².